The molecule has 0 N–H and O–H groups in total. The maximum atomic E-state index is 14.2. The second kappa shape index (κ2) is 12.0. The first-order chi connectivity index (χ1) is 21.3. The Kier molecular flexibility index (Phi) is 8.09. The van der Waals surface area contributed by atoms with E-state index in [4.69, 9.17) is 8.37 Å². The Labute approximate surface area is 257 Å². The van der Waals surface area contributed by atoms with Crippen molar-refractivity contribution >= 4 is 41.8 Å². The van der Waals surface area contributed by atoms with Gasteiger partial charge in [-0.25, -0.2) is 0 Å². The standard InChI is InChI=1S/C36H30O6S2/c1-3-41-43(37,38)35-31(25-15-7-5-8-16-25)23-27-19-11-13-21-29(27)33(35)34-30-22-14-12-20-28(30)24-32(26-17-9-6-10-18-26)36(34)44(39,40)42-4-2/h5-24H,3-4H2,1-2H3. The molecule has 44 heavy (non-hydrogen) atoms. The van der Waals surface area contributed by atoms with Gasteiger partial charge in [-0.3, -0.25) is 8.37 Å². The maximum Gasteiger partial charge on any atom is 0.298 e. The molecule has 222 valence electrons. The van der Waals surface area contributed by atoms with Crippen molar-refractivity contribution in [3.63, 3.8) is 0 Å². The third kappa shape index (κ3) is 5.31. The first kappa shape index (κ1) is 29.7. The summed E-state index contributed by atoms with van der Waals surface area (Å²) in [6, 6.07) is 36.7. The van der Waals surface area contributed by atoms with Crippen LogP contribution in [0.2, 0.25) is 0 Å². The van der Waals surface area contributed by atoms with Crippen molar-refractivity contribution in [3.8, 4) is 33.4 Å². The van der Waals surface area contributed by atoms with E-state index in [0.29, 0.717) is 33.0 Å². The van der Waals surface area contributed by atoms with Crippen LogP contribution in [0.15, 0.2) is 131 Å². The van der Waals surface area contributed by atoms with Gasteiger partial charge in [0, 0.05) is 22.3 Å². The third-order valence-electron chi connectivity index (χ3n) is 7.47. The molecule has 0 saturated carbocycles. The van der Waals surface area contributed by atoms with Crippen molar-refractivity contribution in [1.29, 1.82) is 0 Å². The average Bonchev–Trinajstić information content (AvgIpc) is 3.03. The number of fused-ring (bicyclic) bond motifs is 2. The predicted octanol–water partition coefficient (Wildman–Crippen LogP) is 8.44. The van der Waals surface area contributed by atoms with Crippen LogP contribution in [-0.2, 0) is 28.6 Å². The van der Waals surface area contributed by atoms with Crippen molar-refractivity contribution in [2.24, 2.45) is 0 Å². The van der Waals surface area contributed by atoms with Crippen molar-refractivity contribution in [3.05, 3.63) is 121 Å². The molecule has 0 fully saturated rings. The minimum absolute atomic E-state index is 0.0995. The topological polar surface area (TPSA) is 86.7 Å². The first-order valence-corrected chi connectivity index (χ1v) is 17.1. The molecule has 0 aliphatic rings. The van der Waals surface area contributed by atoms with Gasteiger partial charge in [0.25, 0.3) is 20.2 Å². The lowest BCUT2D eigenvalue weighted by molar-refractivity contribution is 0.337. The fraction of sp³-hybridized carbons (Fsp3) is 0.111. The highest BCUT2D eigenvalue weighted by Crippen LogP contribution is 2.49. The van der Waals surface area contributed by atoms with E-state index in [1.54, 1.807) is 13.8 Å². The number of hydrogen-bond acceptors (Lipinski definition) is 6. The molecule has 0 amide bonds. The fourth-order valence-electron chi connectivity index (χ4n) is 5.77. The highest BCUT2D eigenvalue weighted by atomic mass is 32.2. The summed E-state index contributed by atoms with van der Waals surface area (Å²) in [5.74, 6) is 0. The average molecular weight is 623 g/mol. The van der Waals surface area contributed by atoms with E-state index in [2.05, 4.69) is 0 Å². The third-order valence-corrected chi connectivity index (χ3v) is 10.4. The number of hydrogen-bond donors (Lipinski definition) is 0. The van der Waals surface area contributed by atoms with Gasteiger partial charge in [-0.1, -0.05) is 109 Å². The SMILES string of the molecule is CCOS(=O)(=O)c1c(-c2ccccc2)cc2ccccc2c1-c1c(S(=O)(=O)OCC)c(-c2ccccc2)cc2ccccc12. The van der Waals surface area contributed by atoms with Crippen LogP contribution in [0.25, 0.3) is 54.9 Å². The van der Waals surface area contributed by atoms with Crippen molar-refractivity contribution in [2.45, 2.75) is 23.6 Å². The van der Waals surface area contributed by atoms with E-state index in [0.717, 1.165) is 10.8 Å². The summed E-state index contributed by atoms with van der Waals surface area (Å²) in [7, 11) is -8.83. The highest BCUT2D eigenvalue weighted by Gasteiger charge is 2.34. The van der Waals surface area contributed by atoms with Crippen molar-refractivity contribution in [2.75, 3.05) is 13.2 Å². The van der Waals surface area contributed by atoms with Gasteiger partial charge in [0.15, 0.2) is 0 Å². The summed E-state index contributed by atoms with van der Waals surface area (Å²) in [6.07, 6.45) is 0. The highest BCUT2D eigenvalue weighted by molar-refractivity contribution is 7.87. The van der Waals surface area contributed by atoms with Gasteiger partial charge in [0.1, 0.15) is 9.79 Å². The molecule has 0 unspecified atom stereocenters. The van der Waals surface area contributed by atoms with E-state index in [-0.39, 0.29) is 34.1 Å². The van der Waals surface area contributed by atoms with E-state index in [9.17, 15) is 16.8 Å². The summed E-state index contributed by atoms with van der Waals surface area (Å²) in [5.41, 5.74) is 2.58. The largest absolute Gasteiger partial charge is 0.298 e. The molecule has 0 radical (unpaired) electrons. The van der Waals surface area contributed by atoms with Gasteiger partial charge in [-0.15, -0.1) is 0 Å². The molecule has 6 nitrogen and oxygen atoms in total. The number of benzene rings is 6. The van der Waals surface area contributed by atoms with E-state index >= 15 is 0 Å². The van der Waals surface area contributed by atoms with Gasteiger partial charge in [-0.2, -0.15) is 16.8 Å². The van der Waals surface area contributed by atoms with Crippen molar-refractivity contribution < 1.29 is 25.2 Å². The quantitative estimate of drug-likeness (QED) is 0.150. The molecule has 6 aromatic carbocycles. The lowest BCUT2D eigenvalue weighted by Gasteiger charge is -2.23. The van der Waals surface area contributed by atoms with Crippen LogP contribution in [0.4, 0.5) is 0 Å². The molecule has 0 saturated heterocycles. The summed E-state index contributed by atoms with van der Waals surface area (Å²) >= 11 is 0. The van der Waals surface area contributed by atoms with Crippen LogP contribution in [0.5, 0.6) is 0 Å². The minimum Gasteiger partial charge on any atom is -0.267 e. The van der Waals surface area contributed by atoms with Crippen molar-refractivity contribution in [1.82, 2.24) is 0 Å². The monoisotopic (exact) mass is 622 g/mol. The zero-order chi connectivity index (χ0) is 30.9. The Morgan fingerprint density at radius 2 is 0.818 bits per heavy atom. The van der Waals surface area contributed by atoms with Crippen LogP contribution < -0.4 is 0 Å². The van der Waals surface area contributed by atoms with E-state index < -0.39 is 20.2 Å². The molecule has 0 heterocycles. The molecule has 6 rings (SSSR count). The second-order valence-corrected chi connectivity index (χ2v) is 13.3. The smallest absolute Gasteiger partial charge is 0.267 e. The van der Waals surface area contributed by atoms with E-state index in [1.165, 1.54) is 0 Å². The maximum absolute atomic E-state index is 14.2. The lowest BCUT2D eigenvalue weighted by atomic mass is 9.88. The Balaban J connectivity index is 1.95. The van der Waals surface area contributed by atoms with E-state index in [1.807, 2.05) is 121 Å². The van der Waals surface area contributed by atoms with Crippen LogP contribution >= 0.6 is 0 Å². The minimum atomic E-state index is -4.42. The molecule has 0 bridgehead atoms. The molecule has 0 spiro atoms. The Morgan fingerprint density at radius 1 is 0.477 bits per heavy atom. The molecule has 0 aromatic heterocycles. The summed E-state index contributed by atoms with van der Waals surface area (Å²) in [6.45, 7) is 3.02. The Hall–Kier alpha value is -4.34. The predicted molar refractivity (Wildman–Crippen MR) is 175 cm³/mol. The Morgan fingerprint density at radius 3 is 1.18 bits per heavy atom. The molecule has 0 aliphatic heterocycles. The first-order valence-electron chi connectivity index (χ1n) is 14.3. The van der Waals surface area contributed by atoms with Crippen LogP contribution in [0.3, 0.4) is 0 Å². The van der Waals surface area contributed by atoms with Gasteiger partial charge in [0.2, 0.25) is 0 Å². The summed E-state index contributed by atoms with van der Waals surface area (Å²) < 4.78 is 67.9. The molecule has 6 aromatic rings. The normalized spacial score (nSPS) is 12.1. The van der Waals surface area contributed by atoms with Gasteiger partial charge in [-0.05, 0) is 58.7 Å². The zero-order valence-corrected chi connectivity index (χ0v) is 25.9. The second-order valence-electron chi connectivity index (χ2n) is 10.2. The van der Waals surface area contributed by atoms with Gasteiger partial charge in [0.05, 0.1) is 13.2 Å². The molecular weight excluding hydrogens is 593 g/mol. The van der Waals surface area contributed by atoms with Crippen LogP contribution in [0, 0.1) is 0 Å². The summed E-state index contributed by atoms with van der Waals surface area (Å²) in [4.78, 5) is -0.208. The molecular formula is C36H30O6S2. The molecule has 0 atom stereocenters. The lowest BCUT2D eigenvalue weighted by Crippen LogP contribution is -2.14. The van der Waals surface area contributed by atoms with Gasteiger partial charge < -0.3 is 0 Å². The molecule has 0 aliphatic carbocycles. The zero-order valence-electron chi connectivity index (χ0n) is 24.2. The fourth-order valence-corrected chi connectivity index (χ4v) is 8.44. The van der Waals surface area contributed by atoms with Crippen LogP contribution in [-0.4, -0.2) is 30.0 Å². The molecule has 8 heteroatoms. The number of rotatable bonds is 9. The van der Waals surface area contributed by atoms with Crippen LogP contribution in [0.1, 0.15) is 13.8 Å². The van der Waals surface area contributed by atoms with Gasteiger partial charge >= 0.3 is 0 Å². The summed E-state index contributed by atoms with van der Waals surface area (Å²) in [5, 5.41) is 2.61. The Bertz CT molecular complexity index is 2050.